The first kappa shape index (κ1) is 10.5. The van der Waals surface area contributed by atoms with Gasteiger partial charge >= 0.3 is 0 Å². The Kier molecular flexibility index (Phi) is 4.85. The zero-order valence-electron chi connectivity index (χ0n) is 7.38. The molecular weight excluding hydrogens is 194 g/mol. The molecule has 0 saturated carbocycles. The molecule has 0 saturated heterocycles. The van der Waals surface area contributed by atoms with Crippen LogP contribution in [0, 0.1) is 0 Å². The second kappa shape index (κ2) is 5.99. The molecule has 0 aliphatic rings. The quantitative estimate of drug-likeness (QED) is 0.566. The maximum absolute atomic E-state index is 5.57. The van der Waals surface area contributed by atoms with Gasteiger partial charge in [0.2, 0.25) is 0 Å². The normalized spacial score (nSPS) is 10.6. The summed E-state index contributed by atoms with van der Waals surface area (Å²) in [5.41, 5.74) is 2.72. The van der Waals surface area contributed by atoms with Crippen LogP contribution in [0.15, 0.2) is 16.5 Å². The van der Waals surface area contributed by atoms with Crippen molar-refractivity contribution >= 4 is 11.6 Å². The van der Waals surface area contributed by atoms with Gasteiger partial charge in [0.15, 0.2) is 5.22 Å². The largest absolute Gasteiger partial charge is 0.448 e. The molecule has 0 fully saturated rings. The van der Waals surface area contributed by atoms with Crippen LogP contribution in [0.5, 0.6) is 0 Å². The molecule has 1 aromatic rings. The Hall–Kier alpha value is -0.550. The molecule has 1 aromatic heterocycles. The maximum Gasteiger partial charge on any atom is 0.193 e. The molecule has 74 valence electrons. The summed E-state index contributed by atoms with van der Waals surface area (Å²) in [7, 11) is 1.62. The van der Waals surface area contributed by atoms with Crippen molar-refractivity contribution in [2.75, 3.05) is 20.3 Å². The first-order chi connectivity index (χ1) is 6.33. The minimum Gasteiger partial charge on any atom is -0.448 e. The van der Waals surface area contributed by atoms with Crippen molar-refractivity contribution in [2.24, 2.45) is 0 Å². The molecule has 4 nitrogen and oxygen atoms in total. The Morgan fingerprint density at radius 2 is 2.31 bits per heavy atom. The Bertz CT molecular complexity index is 239. The minimum atomic E-state index is 0.383. The smallest absolute Gasteiger partial charge is 0.193 e. The predicted molar refractivity (Wildman–Crippen MR) is 48.4 cm³/mol. The van der Waals surface area contributed by atoms with E-state index in [0.29, 0.717) is 25.0 Å². The molecule has 1 heterocycles. The van der Waals surface area contributed by atoms with E-state index in [1.165, 1.54) is 0 Å². The molecule has 1 rings (SSSR count). The molecule has 0 amide bonds. The van der Waals surface area contributed by atoms with E-state index < -0.39 is 0 Å². The van der Waals surface area contributed by atoms with Crippen molar-refractivity contribution in [2.45, 2.75) is 6.54 Å². The maximum atomic E-state index is 5.57. The SMILES string of the molecule is COCCONCc1ccc(Cl)o1. The minimum absolute atomic E-state index is 0.383. The van der Waals surface area contributed by atoms with E-state index >= 15 is 0 Å². The van der Waals surface area contributed by atoms with Crippen LogP contribution in [0.25, 0.3) is 0 Å². The van der Waals surface area contributed by atoms with Crippen LogP contribution in [0.3, 0.4) is 0 Å². The average molecular weight is 206 g/mol. The van der Waals surface area contributed by atoms with Gasteiger partial charge in [-0.3, -0.25) is 4.84 Å². The molecule has 0 aliphatic heterocycles. The van der Waals surface area contributed by atoms with Gasteiger partial charge in [-0.05, 0) is 23.7 Å². The van der Waals surface area contributed by atoms with Crippen LogP contribution in [0.1, 0.15) is 5.76 Å². The monoisotopic (exact) mass is 205 g/mol. The molecule has 0 bridgehead atoms. The fourth-order valence-corrected chi connectivity index (χ4v) is 0.928. The molecule has 13 heavy (non-hydrogen) atoms. The first-order valence-corrected chi connectivity index (χ1v) is 4.28. The summed E-state index contributed by atoms with van der Waals surface area (Å²) in [6, 6.07) is 3.47. The number of hydroxylamine groups is 1. The van der Waals surface area contributed by atoms with E-state index in [1.807, 2.05) is 0 Å². The summed E-state index contributed by atoms with van der Waals surface area (Å²) < 4.78 is 9.87. The van der Waals surface area contributed by atoms with Crippen LogP contribution < -0.4 is 5.48 Å². The standard InChI is InChI=1S/C8H12ClNO3/c1-11-4-5-12-10-6-7-2-3-8(9)13-7/h2-3,10H,4-6H2,1H3. The number of hydrogen-bond acceptors (Lipinski definition) is 4. The third-order valence-electron chi connectivity index (χ3n) is 1.37. The number of nitrogens with one attached hydrogen (secondary N) is 1. The Morgan fingerprint density at radius 1 is 1.46 bits per heavy atom. The number of methoxy groups -OCH3 is 1. The highest BCUT2D eigenvalue weighted by molar-refractivity contribution is 6.28. The summed E-state index contributed by atoms with van der Waals surface area (Å²) in [4.78, 5) is 5.01. The molecule has 0 unspecified atom stereocenters. The fraction of sp³-hybridized carbons (Fsp3) is 0.500. The summed E-state index contributed by atoms with van der Waals surface area (Å²) >= 11 is 5.57. The van der Waals surface area contributed by atoms with Crippen LogP contribution in [-0.4, -0.2) is 20.3 Å². The second-order valence-corrected chi connectivity index (χ2v) is 2.74. The topological polar surface area (TPSA) is 43.6 Å². The van der Waals surface area contributed by atoms with Gasteiger partial charge in [-0.15, -0.1) is 0 Å². The highest BCUT2D eigenvalue weighted by Gasteiger charge is 1.98. The van der Waals surface area contributed by atoms with Crippen molar-refractivity contribution in [1.29, 1.82) is 0 Å². The number of ether oxygens (including phenoxy) is 1. The summed E-state index contributed by atoms with van der Waals surface area (Å²) in [5.74, 6) is 0.738. The lowest BCUT2D eigenvalue weighted by Crippen LogP contribution is -2.16. The Balaban J connectivity index is 2.06. The van der Waals surface area contributed by atoms with Crippen molar-refractivity contribution < 1.29 is 14.0 Å². The van der Waals surface area contributed by atoms with E-state index in [-0.39, 0.29) is 0 Å². The van der Waals surface area contributed by atoms with Gasteiger partial charge in [0.25, 0.3) is 0 Å². The Morgan fingerprint density at radius 3 is 2.92 bits per heavy atom. The van der Waals surface area contributed by atoms with E-state index in [1.54, 1.807) is 19.2 Å². The lowest BCUT2D eigenvalue weighted by molar-refractivity contribution is 0.00105. The molecule has 1 N–H and O–H groups in total. The zero-order valence-corrected chi connectivity index (χ0v) is 8.13. The second-order valence-electron chi connectivity index (χ2n) is 2.37. The van der Waals surface area contributed by atoms with Gasteiger partial charge in [-0.2, -0.15) is 5.48 Å². The molecule has 0 aliphatic carbocycles. The van der Waals surface area contributed by atoms with E-state index in [2.05, 4.69) is 5.48 Å². The van der Waals surface area contributed by atoms with Gasteiger partial charge in [-0.1, -0.05) is 0 Å². The van der Waals surface area contributed by atoms with Gasteiger partial charge in [-0.25, -0.2) is 0 Å². The molecule has 0 radical (unpaired) electrons. The average Bonchev–Trinajstić information content (AvgIpc) is 2.51. The number of rotatable bonds is 6. The van der Waals surface area contributed by atoms with Crippen LogP contribution in [0.2, 0.25) is 5.22 Å². The van der Waals surface area contributed by atoms with Crippen molar-refractivity contribution in [3.8, 4) is 0 Å². The molecule has 0 atom stereocenters. The van der Waals surface area contributed by atoms with Crippen molar-refractivity contribution in [1.82, 2.24) is 5.48 Å². The number of furan rings is 1. The predicted octanol–water partition coefficient (Wildman–Crippen LogP) is 1.60. The summed E-state index contributed by atoms with van der Waals surface area (Å²) in [6.45, 7) is 1.56. The lowest BCUT2D eigenvalue weighted by atomic mass is 10.5. The zero-order chi connectivity index (χ0) is 9.52. The molecular formula is C8H12ClNO3. The van der Waals surface area contributed by atoms with E-state index in [9.17, 15) is 0 Å². The van der Waals surface area contributed by atoms with Crippen molar-refractivity contribution in [3.05, 3.63) is 23.1 Å². The van der Waals surface area contributed by atoms with Crippen LogP contribution in [0.4, 0.5) is 0 Å². The van der Waals surface area contributed by atoms with Gasteiger partial charge in [0.1, 0.15) is 5.76 Å². The van der Waals surface area contributed by atoms with E-state index in [0.717, 1.165) is 5.76 Å². The van der Waals surface area contributed by atoms with Crippen LogP contribution in [-0.2, 0) is 16.1 Å². The van der Waals surface area contributed by atoms with Gasteiger partial charge < -0.3 is 9.15 Å². The third-order valence-corrected chi connectivity index (χ3v) is 1.57. The Labute approximate surface area is 81.7 Å². The highest BCUT2D eigenvalue weighted by Crippen LogP contribution is 2.12. The highest BCUT2D eigenvalue weighted by atomic mass is 35.5. The van der Waals surface area contributed by atoms with Gasteiger partial charge in [0.05, 0.1) is 19.8 Å². The molecule has 0 aromatic carbocycles. The molecule has 0 spiro atoms. The van der Waals surface area contributed by atoms with Crippen molar-refractivity contribution in [3.63, 3.8) is 0 Å². The lowest BCUT2D eigenvalue weighted by Gasteiger charge is -2.02. The first-order valence-electron chi connectivity index (χ1n) is 3.90. The number of halogens is 1. The molecule has 5 heteroatoms. The summed E-state index contributed by atoms with van der Waals surface area (Å²) in [5, 5.41) is 0.383. The third kappa shape index (κ3) is 4.28. The number of hydrogen-bond donors (Lipinski definition) is 1. The fourth-order valence-electron chi connectivity index (χ4n) is 0.766. The summed E-state index contributed by atoms with van der Waals surface area (Å²) in [6.07, 6.45) is 0. The van der Waals surface area contributed by atoms with Crippen LogP contribution >= 0.6 is 11.6 Å². The van der Waals surface area contributed by atoms with E-state index in [4.69, 9.17) is 25.6 Å². The van der Waals surface area contributed by atoms with Gasteiger partial charge in [0, 0.05) is 7.11 Å².